The summed E-state index contributed by atoms with van der Waals surface area (Å²) in [5.74, 6) is 0. The topological polar surface area (TPSA) is 41.3 Å². The second-order valence-electron chi connectivity index (χ2n) is 4.57. The van der Waals surface area contributed by atoms with Crippen molar-refractivity contribution in [1.82, 2.24) is 14.7 Å². The summed E-state index contributed by atoms with van der Waals surface area (Å²) in [6, 6.07) is 5.76. The summed E-state index contributed by atoms with van der Waals surface area (Å²) in [4.78, 5) is 3.33. The minimum absolute atomic E-state index is 0.467. The van der Waals surface area contributed by atoms with Crippen molar-refractivity contribution >= 4 is 22.9 Å². The molecule has 0 aliphatic carbocycles. The van der Waals surface area contributed by atoms with Crippen LogP contribution in [0.4, 0.5) is 0 Å². The Bertz CT molecular complexity index is 526. The van der Waals surface area contributed by atoms with Gasteiger partial charge >= 0.3 is 0 Å². The van der Waals surface area contributed by atoms with E-state index in [0.29, 0.717) is 13.1 Å². The van der Waals surface area contributed by atoms with Gasteiger partial charge in [-0.3, -0.25) is 9.58 Å². The predicted molar refractivity (Wildman–Crippen MR) is 83.0 cm³/mol. The average molecular weight is 312 g/mol. The van der Waals surface area contributed by atoms with Gasteiger partial charge in [0.1, 0.15) is 0 Å². The minimum atomic E-state index is -0.467. The molecule has 0 spiro atoms. The summed E-state index contributed by atoms with van der Waals surface area (Å²) in [5.41, 5.74) is 0. The summed E-state index contributed by atoms with van der Waals surface area (Å²) >= 11 is 7.50. The van der Waals surface area contributed by atoms with Crippen molar-refractivity contribution < 1.29 is 5.11 Å². The van der Waals surface area contributed by atoms with Crippen LogP contribution in [-0.4, -0.2) is 39.0 Å². The van der Waals surface area contributed by atoms with E-state index < -0.39 is 6.10 Å². The number of nitrogens with zero attached hydrogens (tertiary/aromatic N) is 3. The lowest BCUT2D eigenvalue weighted by Gasteiger charge is -2.23. The summed E-state index contributed by atoms with van der Waals surface area (Å²) in [5, 5.41) is 14.2. The largest absolute Gasteiger partial charge is 0.390 e. The molecular formula is C14H18ClN3OS. The van der Waals surface area contributed by atoms with Crippen LogP contribution < -0.4 is 0 Å². The fourth-order valence-corrected chi connectivity index (χ4v) is 3.15. The third-order valence-corrected chi connectivity index (χ3v) is 4.04. The molecule has 0 bridgehead atoms. The smallest absolute Gasteiger partial charge is 0.0931 e. The van der Waals surface area contributed by atoms with E-state index in [9.17, 15) is 5.11 Å². The van der Waals surface area contributed by atoms with Crippen LogP contribution in [0, 0.1) is 0 Å². The number of aliphatic hydroxyl groups excluding tert-OH is 1. The van der Waals surface area contributed by atoms with E-state index in [1.807, 2.05) is 30.5 Å². The second-order valence-corrected chi connectivity index (χ2v) is 6.37. The van der Waals surface area contributed by atoms with Gasteiger partial charge in [0, 0.05) is 36.9 Å². The van der Waals surface area contributed by atoms with Crippen molar-refractivity contribution in [2.45, 2.75) is 19.2 Å². The van der Waals surface area contributed by atoms with Gasteiger partial charge in [-0.05, 0) is 18.2 Å². The Kier molecular flexibility index (Phi) is 5.79. The Balaban J connectivity index is 1.89. The molecule has 0 saturated heterocycles. The first-order chi connectivity index (χ1) is 9.67. The number of halogens is 1. The highest BCUT2D eigenvalue weighted by atomic mass is 35.5. The molecule has 0 amide bonds. The molecule has 1 N–H and O–H groups in total. The third-order valence-electron chi connectivity index (χ3n) is 2.82. The third kappa shape index (κ3) is 4.76. The van der Waals surface area contributed by atoms with Crippen LogP contribution in [-0.2, 0) is 13.1 Å². The van der Waals surface area contributed by atoms with Crippen LogP contribution in [0.15, 0.2) is 43.2 Å². The maximum Gasteiger partial charge on any atom is 0.0931 e. The number of hydrogen-bond donors (Lipinski definition) is 1. The number of thiophene rings is 1. The zero-order valence-electron chi connectivity index (χ0n) is 11.2. The van der Waals surface area contributed by atoms with Crippen LogP contribution in [0.2, 0.25) is 4.34 Å². The molecule has 0 saturated carbocycles. The number of aliphatic hydroxyl groups is 1. The SMILES string of the molecule is C=CCN(Cc1ccc(Cl)s1)C[C@H](O)Cn1cccn1. The summed E-state index contributed by atoms with van der Waals surface area (Å²) in [6.07, 6.45) is 4.93. The Morgan fingerprint density at radius 1 is 1.55 bits per heavy atom. The van der Waals surface area contributed by atoms with Crippen molar-refractivity contribution in [3.05, 3.63) is 52.5 Å². The summed E-state index contributed by atoms with van der Waals surface area (Å²) in [7, 11) is 0. The van der Waals surface area contributed by atoms with E-state index in [-0.39, 0.29) is 0 Å². The zero-order chi connectivity index (χ0) is 14.4. The zero-order valence-corrected chi connectivity index (χ0v) is 12.7. The molecule has 6 heteroatoms. The molecule has 2 aromatic rings. The van der Waals surface area contributed by atoms with Gasteiger partial charge in [-0.15, -0.1) is 17.9 Å². The van der Waals surface area contributed by atoms with Crippen molar-refractivity contribution in [2.75, 3.05) is 13.1 Å². The van der Waals surface area contributed by atoms with Gasteiger partial charge in [0.25, 0.3) is 0 Å². The molecule has 0 aliphatic heterocycles. The standard InChI is InChI=1S/C14H18ClN3OS/c1-2-7-17(11-13-4-5-14(15)20-13)9-12(19)10-18-8-3-6-16-18/h2-6,8,12,19H,1,7,9-11H2/t12-/m0/s1. The molecule has 20 heavy (non-hydrogen) atoms. The molecule has 4 nitrogen and oxygen atoms in total. The molecule has 2 rings (SSSR count). The lowest BCUT2D eigenvalue weighted by atomic mass is 10.3. The second kappa shape index (κ2) is 7.59. The van der Waals surface area contributed by atoms with Crippen molar-refractivity contribution in [3.63, 3.8) is 0 Å². The van der Waals surface area contributed by atoms with Crippen molar-refractivity contribution in [3.8, 4) is 0 Å². The molecule has 108 valence electrons. The maximum absolute atomic E-state index is 10.1. The van der Waals surface area contributed by atoms with Crippen LogP contribution >= 0.6 is 22.9 Å². The average Bonchev–Trinajstić information content (AvgIpc) is 3.01. The Morgan fingerprint density at radius 3 is 3.00 bits per heavy atom. The van der Waals surface area contributed by atoms with E-state index in [0.717, 1.165) is 17.4 Å². The van der Waals surface area contributed by atoms with Gasteiger partial charge in [0.15, 0.2) is 0 Å². The Labute approximate surface area is 127 Å². The highest BCUT2D eigenvalue weighted by molar-refractivity contribution is 7.16. The first-order valence-corrected chi connectivity index (χ1v) is 7.60. The molecule has 2 aromatic heterocycles. The molecule has 0 fully saturated rings. The number of rotatable bonds is 8. The monoisotopic (exact) mass is 311 g/mol. The first-order valence-electron chi connectivity index (χ1n) is 6.40. The van der Waals surface area contributed by atoms with Crippen molar-refractivity contribution in [1.29, 1.82) is 0 Å². The fraction of sp³-hybridized carbons (Fsp3) is 0.357. The summed E-state index contributed by atoms with van der Waals surface area (Å²) < 4.78 is 2.52. The molecule has 1 atom stereocenters. The lowest BCUT2D eigenvalue weighted by molar-refractivity contribution is 0.0975. The van der Waals surface area contributed by atoms with E-state index in [1.165, 1.54) is 4.88 Å². The van der Waals surface area contributed by atoms with E-state index in [4.69, 9.17) is 11.6 Å². The Hall–Kier alpha value is -1.14. The number of hydrogen-bond acceptors (Lipinski definition) is 4. The quantitative estimate of drug-likeness (QED) is 0.762. The fourth-order valence-electron chi connectivity index (χ4n) is 2.02. The first kappa shape index (κ1) is 15.3. The van der Waals surface area contributed by atoms with E-state index in [1.54, 1.807) is 22.2 Å². The molecule has 0 unspecified atom stereocenters. The van der Waals surface area contributed by atoms with Gasteiger partial charge in [0.2, 0.25) is 0 Å². The van der Waals surface area contributed by atoms with Gasteiger partial charge in [-0.1, -0.05) is 17.7 Å². The molecule has 0 aromatic carbocycles. The van der Waals surface area contributed by atoms with Crippen LogP contribution in [0.3, 0.4) is 0 Å². The molecule has 0 aliphatic rings. The summed E-state index contributed by atoms with van der Waals surface area (Å²) in [6.45, 7) is 6.32. The predicted octanol–water partition coefficient (Wildman–Crippen LogP) is 2.65. The molecule has 2 heterocycles. The maximum atomic E-state index is 10.1. The molecule has 0 radical (unpaired) electrons. The van der Waals surface area contributed by atoms with Gasteiger partial charge in [0.05, 0.1) is 17.0 Å². The van der Waals surface area contributed by atoms with Gasteiger partial charge in [-0.25, -0.2) is 0 Å². The highest BCUT2D eigenvalue weighted by Crippen LogP contribution is 2.22. The lowest BCUT2D eigenvalue weighted by Crippen LogP contribution is -2.34. The molecular weight excluding hydrogens is 294 g/mol. The van der Waals surface area contributed by atoms with E-state index in [2.05, 4.69) is 16.6 Å². The van der Waals surface area contributed by atoms with Crippen LogP contribution in [0.25, 0.3) is 0 Å². The van der Waals surface area contributed by atoms with Crippen LogP contribution in [0.1, 0.15) is 4.88 Å². The number of aromatic nitrogens is 2. The van der Waals surface area contributed by atoms with Gasteiger partial charge in [-0.2, -0.15) is 5.10 Å². The van der Waals surface area contributed by atoms with Crippen LogP contribution in [0.5, 0.6) is 0 Å². The van der Waals surface area contributed by atoms with Gasteiger partial charge < -0.3 is 5.11 Å². The van der Waals surface area contributed by atoms with Crippen molar-refractivity contribution in [2.24, 2.45) is 0 Å². The minimum Gasteiger partial charge on any atom is -0.390 e. The van der Waals surface area contributed by atoms with E-state index >= 15 is 0 Å². The normalized spacial score (nSPS) is 12.8. The highest BCUT2D eigenvalue weighted by Gasteiger charge is 2.13. The Morgan fingerprint density at radius 2 is 2.40 bits per heavy atom.